The van der Waals surface area contributed by atoms with E-state index in [4.69, 9.17) is 9.84 Å². The van der Waals surface area contributed by atoms with Gasteiger partial charge in [-0.15, -0.1) is 0 Å². The lowest BCUT2D eigenvalue weighted by atomic mass is 9.82. The lowest BCUT2D eigenvalue weighted by Crippen LogP contribution is -2.35. The standard InChI is InChI=1S/C15H20O3/c1-4-10-5-6-13-12(7-10)11(8-14(16)17)9-15(2,3)18-13/h5-7,11H,4,8-9H2,1-3H3,(H,16,17). The lowest BCUT2D eigenvalue weighted by Gasteiger charge is -2.37. The van der Waals surface area contributed by atoms with Gasteiger partial charge in [-0.25, -0.2) is 0 Å². The van der Waals surface area contributed by atoms with Gasteiger partial charge in [0.1, 0.15) is 11.4 Å². The van der Waals surface area contributed by atoms with Gasteiger partial charge in [0.15, 0.2) is 0 Å². The summed E-state index contributed by atoms with van der Waals surface area (Å²) in [4.78, 5) is 11.0. The first-order chi connectivity index (χ1) is 8.41. The smallest absolute Gasteiger partial charge is 0.303 e. The van der Waals surface area contributed by atoms with Crippen LogP contribution in [0.1, 0.15) is 50.7 Å². The quantitative estimate of drug-likeness (QED) is 0.892. The first-order valence-corrected chi connectivity index (χ1v) is 6.45. The van der Waals surface area contributed by atoms with Crippen molar-refractivity contribution in [1.82, 2.24) is 0 Å². The Morgan fingerprint density at radius 1 is 1.50 bits per heavy atom. The van der Waals surface area contributed by atoms with E-state index in [1.165, 1.54) is 5.56 Å². The van der Waals surface area contributed by atoms with Gasteiger partial charge >= 0.3 is 5.97 Å². The van der Waals surface area contributed by atoms with E-state index in [-0.39, 0.29) is 17.9 Å². The fourth-order valence-corrected chi connectivity index (χ4v) is 2.67. The molecular weight excluding hydrogens is 228 g/mol. The van der Waals surface area contributed by atoms with E-state index in [0.717, 1.165) is 24.2 Å². The number of hydrogen-bond donors (Lipinski definition) is 1. The Hall–Kier alpha value is -1.51. The minimum Gasteiger partial charge on any atom is -0.488 e. The van der Waals surface area contributed by atoms with E-state index in [0.29, 0.717) is 0 Å². The van der Waals surface area contributed by atoms with Crippen molar-refractivity contribution in [3.63, 3.8) is 0 Å². The van der Waals surface area contributed by atoms with E-state index in [9.17, 15) is 4.79 Å². The third-order valence-corrected chi connectivity index (χ3v) is 3.47. The van der Waals surface area contributed by atoms with Gasteiger partial charge in [-0.1, -0.05) is 19.1 Å². The summed E-state index contributed by atoms with van der Waals surface area (Å²) in [5, 5.41) is 9.05. The van der Waals surface area contributed by atoms with Gasteiger partial charge in [-0.2, -0.15) is 0 Å². The van der Waals surface area contributed by atoms with Crippen LogP contribution in [-0.2, 0) is 11.2 Å². The summed E-state index contributed by atoms with van der Waals surface area (Å²) in [6.07, 6.45) is 1.88. The van der Waals surface area contributed by atoms with Crippen LogP contribution in [0.4, 0.5) is 0 Å². The minimum atomic E-state index is -0.745. The molecule has 0 radical (unpaired) electrons. The van der Waals surface area contributed by atoms with Crippen LogP contribution in [0.25, 0.3) is 0 Å². The van der Waals surface area contributed by atoms with Crippen molar-refractivity contribution in [3.8, 4) is 5.75 Å². The average molecular weight is 248 g/mol. The summed E-state index contributed by atoms with van der Waals surface area (Å²) in [6.45, 7) is 6.12. The molecule has 0 spiro atoms. The van der Waals surface area contributed by atoms with Crippen molar-refractivity contribution in [1.29, 1.82) is 0 Å². The Morgan fingerprint density at radius 2 is 2.22 bits per heavy atom. The molecule has 1 atom stereocenters. The monoisotopic (exact) mass is 248 g/mol. The molecule has 3 nitrogen and oxygen atoms in total. The number of hydrogen-bond acceptors (Lipinski definition) is 2. The van der Waals surface area contributed by atoms with Gasteiger partial charge < -0.3 is 9.84 Å². The maximum atomic E-state index is 11.0. The molecule has 1 aromatic rings. The number of fused-ring (bicyclic) bond motifs is 1. The first kappa shape index (κ1) is 12.9. The normalized spacial score (nSPS) is 20.9. The zero-order valence-electron chi connectivity index (χ0n) is 11.2. The molecule has 1 unspecified atom stereocenters. The summed E-state index contributed by atoms with van der Waals surface area (Å²) in [7, 11) is 0. The number of benzene rings is 1. The van der Waals surface area contributed by atoms with Crippen LogP contribution in [0.15, 0.2) is 18.2 Å². The van der Waals surface area contributed by atoms with Gasteiger partial charge in [-0.3, -0.25) is 4.79 Å². The van der Waals surface area contributed by atoms with Gasteiger partial charge in [0, 0.05) is 5.92 Å². The lowest BCUT2D eigenvalue weighted by molar-refractivity contribution is -0.137. The van der Waals surface area contributed by atoms with Crippen molar-refractivity contribution in [2.45, 2.75) is 51.6 Å². The minimum absolute atomic E-state index is 0.0488. The molecule has 0 bridgehead atoms. The van der Waals surface area contributed by atoms with E-state index < -0.39 is 5.97 Å². The summed E-state index contributed by atoms with van der Waals surface area (Å²) >= 11 is 0. The first-order valence-electron chi connectivity index (χ1n) is 6.45. The van der Waals surface area contributed by atoms with Crippen molar-refractivity contribution in [2.75, 3.05) is 0 Å². The third kappa shape index (κ3) is 2.66. The number of carboxylic acids is 1. The highest BCUT2D eigenvalue weighted by Crippen LogP contribution is 2.42. The maximum absolute atomic E-state index is 11.0. The number of aliphatic carboxylic acids is 1. The zero-order valence-corrected chi connectivity index (χ0v) is 11.2. The molecule has 1 aromatic carbocycles. The Kier molecular flexibility index (Phi) is 3.33. The number of carboxylic acid groups (broad SMARTS) is 1. The number of rotatable bonds is 3. The summed E-state index contributed by atoms with van der Waals surface area (Å²) in [5.41, 5.74) is 1.99. The van der Waals surface area contributed by atoms with Crippen molar-refractivity contribution in [3.05, 3.63) is 29.3 Å². The van der Waals surface area contributed by atoms with Crippen LogP contribution in [0.2, 0.25) is 0 Å². The van der Waals surface area contributed by atoms with Crippen molar-refractivity contribution >= 4 is 5.97 Å². The molecule has 18 heavy (non-hydrogen) atoms. The SMILES string of the molecule is CCc1ccc2c(c1)C(CC(=O)O)CC(C)(C)O2. The van der Waals surface area contributed by atoms with E-state index >= 15 is 0 Å². The fraction of sp³-hybridized carbons (Fsp3) is 0.533. The molecule has 0 aliphatic carbocycles. The topological polar surface area (TPSA) is 46.5 Å². The molecule has 0 fully saturated rings. The Bertz CT molecular complexity index is 463. The Morgan fingerprint density at radius 3 is 2.83 bits per heavy atom. The highest BCUT2D eigenvalue weighted by molar-refractivity contribution is 5.68. The second-order valence-electron chi connectivity index (χ2n) is 5.59. The second-order valence-corrected chi connectivity index (χ2v) is 5.59. The van der Waals surface area contributed by atoms with Crippen LogP contribution >= 0.6 is 0 Å². The van der Waals surface area contributed by atoms with Gasteiger partial charge in [0.2, 0.25) is 0 Å². The van der Waals surface area contributed by atoms with Gasteiger partial charge in [0.05, 0.1) is 6.42 Å². The van der Waals surface area contributed by atoms with Crippen LogP contribution in [-0.4, -0.2) is 16.7 Å². The molecule has 0 saturated carbocycles. The molecule has 98 valence electrons. The molecule has 0 saturated heterocycles. The Labute approximate surface area is 108 Å². The van der Waals surface area contributed by atoms with Crippen molar-refractivity contribution < 1.29 is 14.6 Å². The molecule has 3 heteroatoms. The summed E-state index contributed by atoms with van der Waals surface area (Å²) in [6, 6.07) is 6.13. The molecule has 1 heterocycles. The molecular formula is C15H20O3. The second kappa shape index (κ2) is 4.63. The predicted molar refractivity (Wildman–Crippen MR) is 70.1 cm³/mol. The van der Waals surface area contributed by atoms with Crippen molar-refractivity contribution in [2.24, 2.45) is 0 Å². The molecule has 0 aromatic heterocycles. The van der Waals surface area contributed by atoms with Crippen LogP contribution in [0, 0.1) is 0 Å². The maximum Gasteiger partial charge on any atom is 0.303 e. The zero-order chi connectivity index (χ0) is 13.3. The van der Waals surface area contributed by atoms with Gasteiger partial charge in [0.25, 0.3) is 0 Å². The summed E-state index contributed by atoms with van der Waals surface area (Å²) in [5.74, 6) is 0.146. The largest absolute Gasteiger partial charge is 0.488 e. The summed E-state index contributed by atoms with van der Waals surface area (Å²) < 4.78 is 5.94. The van der Waals surface area contributed by atoms with Crippen LogP contribution in [0.3, 0.4) is 0 Å². The highest BCUT2D eigenvalue weighted by Gasteiger charge is 2.34. The van der Waals surface area contributed by atoms with Crippen LogP contribution < -0.4 is 4.74 Å². The van der Waals surface area contributed by atoms with E-state index in [1.807, 2.05) is 19.9 Å². The molecule has 1 aliphatic rings. The van der Waals surface area contributed by atoms with E-state index in [1.54, 1.807) is 0 Å². The highest BCUT2D eigenvalue weighted by atomic mass is 16.5. The molecule has 1 aliphatic heterocycles. The predicted octanol–water partition coefficient (Wildman–Crippen LogP) is 3.37. The Balaban J connectivity index is 2.40. The van der Waals surface area contributed by atoms with Crippen LogP contribution in [0.5, 0.6) is 5.75 Å². The number of carbonyl (C=O) groups is 1. The fourth-order valence-electron chi connectivity index (χ4n) is 2.67. The average Bonchev–Trinajstić information content (AvgIpc) is 2.26. The van der Waals surface area contributed by atoms with Gasteiger partial charge in [-0.05, 0) is 43.9 Å². The van der Waals surface area contributed by atoms with E-state index in [2.05, 4.69) is 19.1 Å². The third-order valence-electron chi connectivity index (χ3n) is 3.47. The molecule has 0 amide bonds. The number of aryl methyl sites for hydroxylation is 1. The molecule has 2 rings (SSSR count). The molecule has 1 N–H and O–H groups in total. The number of ether oxygens (including phenoxy) is 1.